The predicted molar refractivity (Wildman–Crippen MR) is 63.2 cm³/mol. The lowest BCUT2D eigenvalue weighted by Crippen LogP contribution is -2.12. The van der Waals surface area contributed by atoms with Crippen molar-refractivity contribution in [3.05, 3.63) is 53.6 Å². The second-order valence-corrected chi connectivity index (χ2v) is 3.85. The van der Waals surface area contributed by atoms with Gasteiger partial charge >= 0.3 is 6.18 Å². The van der Waals surface area contributed by atoms with E-state index in [9.17, 15) is 18.0 Å². The summed E-state index contributed by atoms with van der Waals surface area (Å²) >= 11 is 0. The van der Waals surface area contributed by atoms with Gasteiger partial charge in [-0.25, -0.2) is 9.97 Å². The van der Waals surface area contributed by atoms with Crippen LogP contribution in [0.4, 0.5) is 13.2 Å². The number of carbonyl (C=O) groups is 1. The lowest BCUT2D eigenvalue weighted by Gasteiger charge is -2.08. The second kappa shape index (κ2) is 5.68. The number of alkyl halides is 3. The van der Waals surface area contributed by atoms with Gasteiger partial charge < -0.3 is 4.74 Å². The van der Waals surface area contributed by atoms with Crippen molar-refractivity contribution in [3.8, 4) is 5.75 Å². The summed E-state index contributed by atoms with van der Waals surface area (Å²) in [6, 6.07) is 7.61. The Morgan fingerprint density at radius 1 is 1.25 bits per heavy atom. The third-order valence-corrected chi connectivity index (χ3v) is 2.35. The fourth-order valence-corrected chi connectivity index (χ4v) is 1.45. The Balaban J connectivity index is 2.09. The third-order valence-electron chi connectivity index (χ3n) is 2.35. The van der Waals surface area contributed by atoms with Gasteiger partial charge in [0.1, 0.15) is 18.6 Å². The van der Waals surface area contributed by atoms with Gasteiger partial charge in [-0.1, -0.05) is 12.1 Å². The van der Waals surface area contributed by atoms with E-state index in [1.165, 1.54) is 12.1 Å². The fraction of sp³-hybridized carbons (Fsp3) is 0.154. The number of ether oxygens (including phenoxy) is 1. The topological polar surface area (TPSA) is 52.1 Å². The first-order chi connectivity index (χ1) is 9.49. The summed E-state index contributed by atoms with van der Waals surface area (Å²) in [5.41, 5.74) is 0.519. The molecule has 0 saturated heterocycles. The molecule has 0 amide bonds. The average Bonchev–Trinajstić information content (AvgIpc) is 2.45. The third kappa shape index (κ3) is 3.53. The highest BCUT2D eigenvalue weighted by molar-refractivity contribution is 5.75. The Labute approximate surface area is 112 Å². The minimum absolute atomic E-state index is 0.101. The van der Waals surface area contributed by atoms with E-state index >= 15 is 0 Å². The maximum Gasteiger partial charge on any atom is 0.451 e. The summed E-state index contributed by atoms with van der Waals surface area (Å²) in [5.74, 6) is -0.831. The molecule has 0 atom stereocenters. The molecular weight excluding hydrogens is 273 g/mol. The zero-order chi connectivity index (χ0) is 14.6. The molecule has 2 aromatic rings. The molecule has 0 N–H and O–H groups in total. The van der Waals surface area contributed by atoms with Crippen LogP contribution in [0.25, 0.3) is 0 Å². The Morgan fingerprint density at radius 3 is 2.75 bits per heavy atom. The maximum absolute atomic E-state index is 12.4. The van der Waals surface area contributed by atoms with E-state index in [1.807, 2.05) is 0 Å². The van der Waals surface area contributed by atoms with Crippen LogP contribution in [0.3, 0.4) is 0 Å². The minimum Gasteiger partial charge on any atom is -0.487 e. The highest BCUT2D eigenvalue weighted by Gasteiger charge is 2.34. The Bertz CT molecular complexity index is 615. The molecule has 0 aliphatic carbocycles. The van der Waals surface area contributed by atoms with Gasteiger partial charge in [0.05, 0.1) is 5.69 Å². The first-order valence-electron chi connectivity index (χ1n) is 5.56. The van der Waals surface area contributed by atoms with Crippen molar-refractivity contribution in [3.63, 3.8) is 0 Å². The van der Waals surface area contributed by atoms with Crippen LogP contribution < -0.4 is 4.74 Å². The van der Waals surface area contributed by atoms with Crippen molar-refractivity contribution < 1.29 is 22.7 Å². The zero-order valence-electron chi connectivity index (χ0n) is 10.1. The first kappa shape index (κ1) is 14.0. The first-order valence-corrected chi connectivity index (χ1v) is 5.56. The van der Waals surface area contributed by atoms with Crippen LogP contribution in [-0.2, 0) is 12.8 Å². The summed E-state index contributed by atoms with van der Waals surface area (Å²) in [6.45, 7) is -0.145. The van der Waals surface area contributed by atoms with Crippen LogP contribution in [0.1, 0.15) is 21.9 Å². The molecule has 4 nitrogen and oxygen atoms in total. The Kier molecular flexibility index (Phi) is 3.97. The van der Waals surface area contributed by atoms with Gasteiger partial charge in [0.25, 0.3) is 0 Å². The largest absolute Gasteiger partial charge is 0.487 e. The van der Waals surface area contributed by atoms with Gasteiger partial charge in [-0.3, -0.25) is 4.79 Å². The van der Waals surface area contributed by atoms with Crippen molar-refractivity contribution >= 4 is 6.29 Å². The molecule has 0 aliphatic rings. The standard InChI is InChI=1S/C13H9F3N2O2/c14-13(15,16)12-17-5-4-10(18-12)8-20-11-3-1-2-9(6-11)7-19/h1-7H,8H2. The molecule has 0 fully saturated rings. The molecular formula is C13H9F3N2O2. The lowest BCUT2D eigenvalue weighted by molar-refractivity contribution is -0.145. The zero-order valence-corrected chi connectivity index (χ0v) is 10.1. The van der Waals surface area contributed by atoms with E-state index in [0.717, 1.165) is 6.20 Å². The molecule has 0 aliphatic heterocycles. The van der Waals surface area contributed by atoms with Crippen LogP contribution >= 0.6 is 0 Å². The molecule has 0 saturated carbocycles. The minimum atomic E-state index is -4.59. The van der Waals surface area contributed by atoms with Gasteiger partial charge in [0.15, 0.2) is 0 Å². The fourth-order valence-electron chi connectivity index (χ4n) is 1.45. The summed E-state index contributed by atoms with van der Waals surface area (Å²) in [5, 5.41) is 0. The Morgan fingerprint density at radius 2 is 2.05 bits per heavy atom. The summed E-state index contributed by atoms with van der Waals surface area (Å²) < 4.78 is 42.6. The Hall–Kier alpha value is -2.44. The molecule has 1 aromatic carbocycles. The SMILES string of the molecule is O=Cc1cccc(OCc2ccnc(C(F)(F)F)n2)c1. The number of halogens is 3. The lowest BCUT2D eigenvalue weighted by atomic mass is 10.2. The van der Waals surface area contributed by atoms with Crippen molar-refractivity contribution in [2.45, 2.75) is 12.8 Å². The smallest absolute Gasteiger partial charge is 0.451 e. The number of aromatic nitrogens is 2. The average molecular weight is 282 g/mol. The molecule has 0 radical (unpaired) electrons. The highest BCUT2D eigenvalue weighted by Crippen LogP contribution is 2.25. The molecule has 1 heterocycles. The van der Waals surface area contributed by atoms with Gasteiger partial charge in [-0.2, -0.15) is 13.2 Å². The number of nitrogens with zero attached hydrogens (tertiary/aromatic N) is 2. The van der Waals surface area contributed by atoms with Crippen molar-refractivity contribution in [1.82, 2.24) is 9.97 Å². The van der Waals surface area contributed by atoms with Crippen LogP contribution in [0.5, 0.6) is 5.75 Å². The molecule has 0 unspecified atom stereocenters. The van der Waals surface area contributed by atoms with Gasteiger partial charge in [-0.15, -0.1) is 0 Å². The summed E-state index contributed by atoms with van der Waals surface area (Å²) in [7, 11) is 0. The van der Waals surface area contributed by atoms with E-state index in [2.05, 4.69) is 9.97 Å². The molecule has 7 heteroatoms. The van der Waals surface area contributed by atoms with E-state index in [-0.39, 0.29) is 12.3 Å². The molecule has 20 heavy (non-hydrogen) atoms. The number of benzene rings is 1. The maximum atomic E-state index is 12.4. The van der Waals surface area contributed by atoms with Crippen LogP contribution in [0.2, 0.25) is 0 Å². The highest BCUT2D eigenvalue weighted by atomic mass is 19.4. The van der Waals surface area contributed by atoms with Crippen molar-refractivity contribution in [2.24, 2.45) is 0 Å². The second-order valence-electron chi connectivity index (χ2n) is 3.85. The van der Waals surface area contributed by atoms with Crippen LogP contribution in [0.15, 0.2) is 36.5 Å². The van der Waals surface area contributed by atoms with Gasteiger partial charge in [0.2, 0.25) is 5.82 Å². The number of rotatable bonds is 4. The molecule has 2 rings (SSSR count). The van der Waals surface area contributed by atoms with Crippen molar-refractivity contribution in [2.75, 3.05) is 0 Å². The van der Waals surface area contributed by atoms with E-state index in [0.29, 0.717) is 17.6 Å². The molecule has 1 aromatic heterocycles. The van der Waals surface area contributed by atoms with E-state index in [4.69, 9.17) is 4.74 Å². The number of carbonyl (C=O) groups excluding carboxylic acids is 1. The summed E-state index contributed by atoms with van der Waals surface area (Å²) in [4.78, 5) is 17.1. The molecule has 0 spiro atoms. The van der Waals surface area contributed by atoms with Crippen molar-refractivity contribution in [1.29, 1.82) is 0 Å². The molecule has 0 bridgehead atoms. The van der Waals surface area contributed by atoms with Gasteiger partial charge in [-0.05, 0) is 18.2 Å². The van der Waals surface area contributed by atoms with Crippen LogP contribution in [-0.4, -0.2) is 16.3 Å². The van der Waals surface area contributed by atoms with E-state index < -0.39 is 12.0 Å². The molecule has 104 valence electrons. The quantitative estimate of drug-likeness (QED) is 0.809. The van der Waals surface area contributed by atoms with Crippen LogP contribution in [0, 0.1) is 0 Å². The number of hydrogen-bond donors (Lipinski definition) is 0. The predicted octanol–water partition coefficient (Wildman–Crippen LogP) is 2.89. The number of aldehydes is 1. The normalized spacial score (nSPS) is 11.2. The number of hydrogen-bond acceptors (Lipinski definition) is 4. The summed E-state index contributed by atoms with van der Waals surface area (Å²) in [6.07, 6.45) is -2.91. The van der Waals surface area contributed by atoms with Gasteiger partial charge in [0, 0.05) is 11.8 Å². The monoisotopic (exact) mass is 282 g/mol. The van der Waals surface area contributed by atoms with E-state index in [1.54, 1.807) is 18.2 Å².